The van der Waals surface area contributed by atoms with Crippen molar-refractivity contribution in [3.8, 4) is 0 Å². The average Bonchev–Trinajstić information content (AvgIpc) is 2.62. The minimum atomic E-state index is -0.196. The summed E-state index contributed by atoms with van der Waals surface area (Å²) < 4.78 is 0. The van der Waals surface area contributed by atoms with Gasteiger partial charge in [-0.15, -0.1) is 0 Å². The third kappa shape index (κ3) is 3.13. The lowest BCUT2D eigenvalue weighted by Crippen LogP contribution is -2.19. The fourth-order valence-corrected chi connectivity index (χ4v) is 2.57. The molecular formula is C20H18N2O2. The lowest BCUT2D eigenvalue weighted by atomic mass is 10.1. The number of nitrogens with one attached hydrogen (secondary N) is 2. The topological polar surface area (TPSA) is 58.2 Å². The van der Waals surface area contributed by atoms with Crippen LogP contribution in [0.15, 0.2) is 60.7 Å². The third-order valence-corrected chi connectivity index (χ3v) is 3.99. The Morgan fingerprint density at radius 3 is 2.21 bits per heavy atom. The molecule has 0 fully saturated rings. The number of benzene rings is 3. The second-order valence-electron chi connectivity index (χ2n) is 5.62. The van der Waals surface area contributed by atoms with Gasteiger partial charge in [-0.05, 0) is 47.5 Å². The van der Waals surface area contributed by atoms with Gasteiger partial charge in [0.25, 0.3) is 11.8 Å². The maximum Gasteiger partial charge on any atom is 0.255 e. The van der Waals surface area contributed by atoms with Crippen LogP contribution in [0.2, 0.25) is 0 Å². The van der Waals surface area contributed by atoms with Crippen LogP contribution in [0.4, 0.5) is 5.69 Å². The van der Waals surface area contributed by atoms with E-state index in [-0.39, 0.29) is 11.8 Å². The van der Waals surface area contributed by atoms with E-state index in [0.29, 0.717) is 16.8 Å². The maximum absolute atomic E-state index is 12.5. The molecule has 0 saturated carbocycles. The van der Waals surface area contributed by atoms with Crippen LogP contribution in [0.3, 0.4) is 0 Å². The summed E-state index contributed by atoms with van der Waals surface area (Å²) >= 11 is 0. The van der Waals surface area contributed by atoms with E-state index in [2.05, 4.69) is 10.6 Å². The molecule has 0 atom stereocenters. The molecule has 0 aromatic heterocycles. The molecule has 24 heavy (non-hydrogen) atoms. The average molecular weight is 318 g/mol. The number of aryl methyl sites for hydroxylation is 1. The number of hydrogen-bond acceptors (Lipinski definition) is 2. The highest BCUT2D eigenvalue weighted by molar-refractivity contribution is 6.07. The van der Waals surface area contributed by atoms with Crippen molar-refractivity contribution in [1.82, 2.24) is 5.32 Å². The summed E-state index contributed by atoms with van der Waals surface area (Å²) in [6, 6.07) is 18.7. The first-order chi connectivity index (χ1) is 11.6. The fourth-order valence-electron chi connectivity index (χ4n) is 2.57. The van der Waals surface area contributed by atoms with Gasteiger partial charge in [0.2, 0.25) is 0 Å². The summed E-state index contributed by atoms with van der Waals surface area (Å²) in [6.45, 7) is 1.89. The van der Waals surface area contributed by atoms with Crippen molar-refractivity contribution in [2.24, 2.45) is 0 Å². The molecule has 4 nitrogen and oxygen atoms in total. The van der Waals surface area contributed by atoms with Crippen LogP contribution < -0.4 is 10.6 Å². The molecule has 2 N–H and O–H groups in total. The van der Waals surface area contributed by atoms with Crippen LogP contribution in [0.1, 0.15) is 26.3 Å². The first-order valence-electron chi connectivity index (χ1n) is 7.71. The van der Waals surface area contributed by atoms with E-state index < -0.39 is 0 Å². The molecule has 2 amide bonds. The van der Waals surface area contributed by atoms with Crippen molar-refractivity contribution in [1.29, 1.82) is 0 Å². The molecule has 0 aliphatic carbocycles. The zero-order chi connectivity index (χ0) is 17.1. The Kier molecular flexibility index (Phi) is 4.29. The second kappa shape index (κ2) is 6.54. The quantitative estimate of drug-likeness (QED) is 0.772. The van der Waals surface area contributed by atoms with Crippen molar-refractivity contribution < 1.29 is 9.59 Å². The molecule has 0 unspecified atom stereocenters. The van der Waals surface area contributed by atoms with Crippen molar-refractivity contribution in [2.75, 3.05) is 12.4 Å². The van der Waals surface area contributed by atoms with Gasteiger partial charge in [0.05, 0.1) is 0 Å². The number of amides is 2. The number of carbonyl (C=O) groups excluding carboxylic acids is 2. The normalized spacial score (nSPS) is 10.4. The summed E-state index contributed by atoms with van der Waals surface area (Å²) in [5.74, 6) is -0.380. The van der Waals surface area contributed by atoms with Crippen LogP contribution in [0, 0.1) is 6.92 Å². The van der Waals surface area contributed by atoms with E-state index in [1.807, 2.05) is 49.4 Å². The van der Waals surface area contributed by atoms with Crippen LogP contribution in [-0.4, -0.2) is 18.9 Å². The van der Waals surface area contributed by atoms with E-state index in [4.69, 9.17) is 0 Å². The van der Waals surface area contributed by atoms with Gasteiger partial charge in [0.15, 0.2) is 0 Å². The Balaban J connectivity index is 1.89. The van der Waals surface area contributed by atoms with E-state index in [0.717, 1.165) is 16.3 Å². The fraction of sp³-hybridized carbons (Fsp3) is 0.100. The van der Waals surface area contributed by atoms with Crippen molar-refractivity contribution in [3.63, 3.8) is 0 Å². The minimum absolute atomic E-state index is 0.184. The van der Waals surface area contributed by atoms with Gasteiger partial charge < -0.3 is 10.6 Å². The van der Waals surface area contributed by atoms with Crippen LogP contribution >= 0.6 is 0 Å². The molecule has 0 spiro atoms. The zero-order valence-corrected chi connectivity index (χ0v) is 13.6. The Labute approximate surface area is 140 Å². The van der Waals surface area contributed by atoms with Crippen LogP contribution in [0.25, 0.3) is 10.8 Å². The molecule has 0 bridgehead atoms. The highest BCUT2D eigenvalue weighted by Gasteiger charge is 2.11. The van der Waals surface area contributed by atoms with Crippen LogP contribution in [0.5, 0.6) is 0 Å². The standard InChI is InChI=1S/C20H18N2O2/c1-13-7-8-17(19(23)21-2)12-18(13)22-20(24)16-10-9-14-5-3-4-6-15(14)11-16/h3-12H,1-2H3,(H,21,23)(H,22,24). The maximum atomic E-state index is 12.5. The number of rotatable bonds is 3. The van der Waals surface area contributed by atoms with Crippen molar-refractivity contribution in [3.05, 3.63) is 77.4 Å². The lowest BCUT2D eigenvalue weighted by Gasteiger charge is -2.11. The number of carbonyl (C=O) groups is 2. The van der Waals surface area contributed by atoms with E-state index in [1.54, 1.807) is 25.2 Å². The molecule has 120 valence electrons. The summed E-state index contributed by atoms with van der Waals surface area (Å²) in [5.41, 5.74) is 2.63. The highest BCUT2D eigenvalue weighted by atomic mass is 16.2. The first-order valence-corrected chi connectivity index (χ1v) is 7.71. The first kappa shape index (κ1) is 15.7. The van der Waals surface area contributed by atoms with Crippen molar-refractivity contribution >= 4 is 28.3 Å². The molecule has 0 saturated heterocycles. The van der Waals surface area contributed by atoms with E-state index >= 15 is 0 Å². The zero-order valence-electron chi connectivity index (χ0n) is 13.6. The highest BCUT2D eigenvalue weighted by Crippen LogP contribution is 2.20. The summed E-state index contributed by atoms with van der Waals surface area (Å²) in [4.78, 5) is 24.3. The van der Waals surface area contributed by atoms with E-state index in [9.17, 15) is 9.59 Å². The van der Waals surface area contributed by atoms with Gasteiger partial charge in [0, 0.05) is 23.9 Å². The molecular weight excluding hydrogens is 300 g/mol. The van der Waals surface area contributed by atoms with Gasteiger partial charge in [-0.25, -0.2) is 0 Å². The molecule has 3 rings (SSSR count). The van der Waals surface area contributed by atoms with Crippen LogP contribution in [-0.2, 0) is 0 Å². The second-order valence-corrected chi connectivity index (χ2v) is 5.62. The smallest absolute Gasteiger partial charge is 0.255 e. The number of hydrogen-bond donors (Lipinski definition) is 2. The molecule has 0 aliphatic heterocycles. The van der Waals surface area contributed by atoms with Gasteiger partial charge in [-0.1, -0.05) is 36.4 Å². The third-order valence-electron chi connectivity index (χ3n) is 3.99. The molecule has 0 radical (unpaired) electrons. The lowest BCUT2D eigenvalue weighted by molar-refractivity contribution is 0.0961. The van der Waals surface area contributed by atoms with Gasteiger partial charge in [0.1, 0.15) is 0 Å². The molecule has 3 aromatic rings. The Bertz CT molecular complexity index is 932. The summed E-state index contributed by atoms with van der Waals surface area (Å²) in [6.07, 6.45) is 0. The summed E-state index contributed by atoms with van der Waals surface area (Å²) in [7, 11) is 1.58. The monoisotopic (exact) mass is 318 g/mol. The Morgan fingerprint density at radius 1 is 0.792 bits per heavy atom. The minimum Gasteiger partial charge on any atom is -0.355 e. The van der Waals surface area contributed by atoms with E-state index in [1.165, 1.54) is 0 Å². The summed E-state index contributed by atoms with van der Waals surface area (Å²) in [5, 5.41) is 7.58. The Hall–Kier alpha value is -3.14. The number of fused-ring (bicyclic) bond motifs is 1. The van der Waals surface area contributed by atoms with Crippen molar-refractivity contribution in [2.45, 2.75) is 6.92 Å². The van der Waals surface area contributed by atoms with Gasteiger partial charge >= 0.3 is 0 Å². The largest absolute Gasteiger partial charge is 0.355 e. The molecule has 4 heteroatoms. The molecule has 3 aromatic carbocycles. The molecule has 0 heterocycles. The van der Waals surface area contributed by atoms with Gasteiger partial charge in [-0.2, -0.15) is 0 Å². The molecule has 0 aliphatic rings. The predicted molar refractivity (Wildman–Crippen MR) is 96.5 cm³/mol. The predicted octanol–water partition coefficient (Wildman–Crippen LogP) is 3.76. The number of anilines is 1. The Morgan fingerprint density at radius 2 is 1.46 bits per heavy atom. The van der Waals surface area contributed by atoms with Gasteiger partial charge in [-0.3, -0.25) is 9.59 Å². The SMILES string of the molecule is CNC(=O)c1ccc(C)c(NC(=O)c2ccc3ccccc3c2)c1.